The molecule has 0 atom stereocenters. The van der Waals surface area contributed by atoms with E-state index in [1.165, 1.54) is 12.1 Å². The highest BCUT2D eigenvalue weighted by atomic mass is 19.1. The second-order valence-corrected chi connectivity index (χ2v) is 4.60. The highest BCUT2D eigenvalue weighted by molar-refractivity contribution is 6.04. The summed E-state index contributed by atoms with van der Waals surface area (Å²) in [6.45, 7) is 2.80. The number of rotatable bonds is 6. The van der Waals surface area contributed by atoms with E-state index in [4.69, 9.17) is 9.47 Å². The third kappa shape index (κ3) is 3.83. The minimum atomic E-state index is -0.473. The molecule has 0 saturated carbocycles. The monoisotopic (exact) mass is 303 g/mol. The van der Waals surface area contributed by atoms with Gasteiger partial charge in [-0.15, -0.1) is 0 Å². The molecule has 0 unspecified atom stereocenters. The van der Waals surface area contributed by atoms with E-state index in [0.29, 0.717) is 24.5 Å². The molecule has 2 rings (SSSR count). The lowest BCUT2D eigenvalue weighted by Gasteiger charge is -2.11. The lowest BCUT2D eigenvalue weighted by atomic mass is 10.1. The van der Waals surface area contributed by atoms with E-state index in [2.05, 4.69) is 5.32 Å². The van der Waals surface area contributed by atoms with Gasteiger partial charge in [0.1, 0.15) is 11.6 Å². The van der Waals surface area contributed by atoms with Crippen molar-refractivity contribution in [1.82, 2.24) is 0 Å². The first-order valence-electron chi connectivity index (χ1n) is 6.96. The summed E-state index contributed by atoms with van der Waals surface area (Å²) >= 11 is 0. The summed E-state index contributed by atoms with van der Waals surface area (Å²) < 4.78 is 24.2. The van der Waals surface area contributed by atoms with Gasteiger partial charge in [0.15, 0.2) is 0 Å². The van der Waals surface area contributed by atoms with Crippen LogP contribution in [-0.4, -0.2) is 19.6 Å². The van der Waals surface area contributed by atoms with Crippen LogP contribution in [0, 0.1) is 5.82 Å². The van der Waals surface area contributed by atoms with E-state index in [0.717, 1.165) is 5.56 Å². The van der Waals surface area contributed by atoms with Crippen LogP contribution >= 0.6 is 0 Å². The number of hydrogen-bond donors (Lipinski definition) is 1. The normalized spacial score (nSPS) is 10.3. The quantitative estimate of drug-likeness (QED) is 0.886. The summed E-state index contributed by atoms with van der Waals surface area (Å²) in [6.07, 6.45) is 0. The number of benzene rings is 2. The number of hydrogen-bond acceptors (Lipinski definition) is 3. The van der Waals surface area contributed by atoms with Gasteiger partial charge in [-0.25, -0.2) is 4.39 Å². The zero-order valence-corrected chi connectivity index (χ0v) is 12.6. The van der Waals surface area contributed by atoms with Crippen LogP contribution in [0.2, 0.25) is 0 Å². The molecule has 0 aliphatic rings. The van der Waals surface area contributed by atoms with E-state index >= 15 is 0 Å². The Labute approximate surface area is 128 Å². The zero-order chi connectivity index (χ0) is 15.9. The average molecular weight is 303 g/mol. The molecule has 22 heavy (non-hydrogen) atoms. The molecule has 0 heterocycles. The Morgan fingerprint density at radius 1 is 1.23 bits per heavy atom. The van der Waals surface area contributed by atoms with Crippen molar-refractivity contribution >= 4 is 11.6 Å². The van der Waals surface area contributed by atoms with E-state index in [1.807, 2.05) is 6.92 Å². The van der Waals surface area contributed by atoms with Crippen LogP contribution in [0.4, 0.5) is 10.1 Å². The first-order valence-corrected chi connectivity index (χ1v) is 6.96. The molecule has 0 aliphatic heterocycles. The standard InChI is InChI=1S/C17H18FNO3/c1-3-22-11-13-10-12(8-9-16(13)21-2)17(20)19-15-7-5-4-6-14(15)18/h4-10H,3,11H2,1-2H3,(H,19,20). The summed E-state index contributed by atoms with van der Waals surface area (Å²) in [5.74, 6) is -0.208. The summed E-state index contributed by atoms with van der Waals surface area (Å²) in [6, 6.07) is 11.0. The Morgan fingerprint density at radius 3 is 2.68 bits per heavy atom. The van der Waals surface area contributed by atoms with E-state index in [1.54, 1.807) is 37.4 Å². The van der Waals surface area contributed by atoms with Gasteiger partial charge in [-0.1, -0.05) is 12.1 Å². The average Bonchev–Trinajstić information content (AvgIpc) is 2.54. The fraction of sp³-hybridized carbons (Fsp3) is 0.235. The molecule has 2 aromatic rings. The molecule has 0 bridgehead atoms. The number of amides is 1. The van der Waals surface area contributed by atoms with Crippen LogP contribution in [0.1, 0.15) is 22.8 Å². The van der Waals surface area contributed by atoms with Crippen molar-refractivity contribution in [1.29, 1.82) is 0 Å². The van der Waals surface area contributed by atoms with Gasteiger partial charge in [-0.05, 0) is 37.3 Å². The van der Waals surface area contributed by atoms with Crippen LogP contribution < -0.4 is 10.1 Å². The molecule has 1 amide bonds. The molecule has 2 aromatic carbocycles. The van der Waals surface area contributed by atoms with Crippen LogP contribution in [0.15, 0.2) is 42.5 Å². The number of anilines is 1. The smallest absolute Gasteiger partial charge is 0.255 e. The molecule has 0 saturated heterocycles. The van der Waals surface area contributed by atoms with Gasteiger partial charge in [0.25, 0.3) is 5.91 Å². The minimum absolute atomic E-state index is 0.148. The highest BCUT2D eigenvalue weighted by Gasteiger charge is 2.12. The number of nitrogens with one attached hydrogen (secondary N) is 1. The lowest BCUT2D eigenvalue weighted by molar-refractivity contribution is 0.102. The summed E-state index contributed by atoms with van der Waals surface area (Å²) in [4.78, 5) is 12.2. The summed E-state index contributed by atoms with van der Waals surface area (Å²) in [5, 5.41) is 2.55. The third-order valence-corrected chi connectivity index (χ3v) is 3.13. The SMILES string of the molecule is CCOCc1cc(C(=O)Nc2ccccc2F)ccc1OC. The van der Waals surface area contributed by atoms with Crippen molar-refractivity contribution in [2.75, 3.05) is 19.0 Å². The molecular weight excluding hydrogens is 285 g/mol. The van der Waals surface area contributed by atoms with Crippen molar-refractivity contribution in [3.63, 3.8) is 0 Å². The van der Waals surface area contributed by atoms with Crippen LogP contribution in [0.5, 0.6) is 5.75 Å². The first-order chi connectivity index (χ1) is 10.7. The van der Waals surface area contributed by atoms with Crippen molar-refractivity contribution in [3.05, 3.63) is 59.4 Å². The molecule has 116 valence electrons. The van der Waals surface area contributed by atoms with Crippen molar-refractivity contribution < 1.29 is 18.7 Å². The topological polar surface area (TPSA) is 47.6 Å². The predicted molar refractivity (Wildman–Crippen MR) is 82.7 cm³/mol. The predicted octanol–water partition coefficient (Wildman–Crippen LogP) is 3.62. The molecule has 4 nitrogen and oxygen atoms in total. The fourth-order valence-electron chi connectivity index (χ4n) is 2.00. The van der Waals surface area contributed by atoms with Gasteiger partial charge in [0, 0.05) is 17.7 Å². The van der Waals surface area contributed by atoms with Crippen molar-refractivity contribution in [3.8, 4) is 5.75 Å². The number of carbonyl (C=O) groups excluding carboxylic acids is 1. The lowest BCUT2D eigenvalue weighted by Crippen LogP contribution is -2.13. The Hall–Kier alpha value is -2.40. The second kappa shape index (κ2) is 7.56. The fourth-order valence-corrected chi connectivity index (χ4v) is 2.00. The van der Waals surface area contributed by atoms with Gasteiger partial charge in [0.05, 0.1) is 19.4 Å². The molecule has 0 radical (unpaired) electrons. The number of carbonyl (C=O) groups is 1. The third-order valence-electron chi connectivity index (χ3n) is 3.13. The Morgan fingerprint density at radius 2 is 2.00 bits per heavy atom. The molecule has 1 N–H and O–H groups in total. The number of ether oxygens (including phenoxy) is 2. The maximum atomic E-state index is 13.6. The molecule has 0 aromatic heterocycles. The van der Waals surface area contributed by atoms with Gasteiger partial charge < -0.3 is 14.8 Å². The van der Waals surface area contributed by atoms with Crippen molar-refractivity contribution in [2.24, 2.45) is 0 Å². The van der Waals surface area contributed by atoms with Gasteiger partial charge in [-0.3, -0.25) is 4.79 Å². The van der Waals surface area contributed by atoms with Gasteiger partial charge in [0.2, 0.25) is 0 Å². The van der Waals surface area contributed by atoms with E-state index in [9.17, 15) is 9.18 Å². The van der Waals surface area contributed by atoms with Crippen LogP contribution in [0.3, 0.4) is 0 Å². The van der Waals surface area contributed by atoms with E-state index in [-0.39, 0.29) is 11.6 Å². The van der Waals surface area contributed by atoms with Gasteiger partial charge in [-0.2, -0.15) is 0 Å². The first kappa shape index (κ1) is 16.0. The Bertz CT molecular complexity index is 658. The van der Waals surface area contributed by atoms with Crippen LogP contribution in [0.25, 0.3) is 0 Å². The number of methoxy groups -OCH3 is 1. The van der Waals surface area contributed by atoms with Crippen molar-refractivity contribution in [2.45, 2.75) is 13.5 Å². The molecule has 5 heteroatoms. The van der Waals surface area contributed by atoms with Crippen LogP contribution in [-0.2, 0) is 11.3 Å². The zero-order valence-electron chi connectivity index (χ0n) is 12.6. The Kier molecular flexibility index (Phi) is 5.49. The molecule has 0 spiro atoms. The van der Waals surface area contributed by atoms with Gasteiger partial charge >= 0.3 is 0 Å². The maximum Gasteiger partial charge on any atom is 0.255 e. The Balaban J connectivity index is 2.20. The molecular formula is C17H18FNO3. The number of para-hydroxylation sites is 1. The minimum Gasteiger partial charge on any atom is -0.496 e. The summed E-state index contributed by atoms with van der Waals surface area (Å²) in [5.41, 5.74) is 1.33. The van der Waals surface area contributed by atoms with E-state index < -0.39 is 5.82 Å². The second-order valence-electron chi connectivity index (χ2n) is 4.60. The molecule has 0 fully saturated rings. The maximum absolute atomic E-state index is 13.6. The molecule has 0 aliphatic carbocycles. The summed E-state index contributed by atoms with van der Waals surface area (Å²) in [7, 11) is 1.56. The highest BCUT2D eigenvalue weighted by Crippen LogP contribution is 2.22. The number of halogens is 1. The largest absolute Gasteiger partial charge is 0.496 e.